The van der Waals surface area contributed by atoms with Crippen molar-refractivity contribution < 1.29 is 9.26 Å². The van der Waals surface area contributed by atoms with Crippen LogP contribution in [0.5, 0.6) is 0 Å². The molecule has 5 heteroatoms. The quantitative estimate of drug-likeness (QED) is 0.916. The van der Waals surface area contributed by atoms with Crippen molar-refractivity contribution in [3.63, 3.8) is 0 Å². The summed E-state index contributed by atoms with van der Waals surface area (Å²) >= 11 is 0. The van der Waals surface area contributed by atoms with Crippen LogP contribution in [0.4, 0.5) is 6.01 Å². The van der Waals surface area contributed by atoms with E-state index in [-0.39, 0.29) is 5.41 Å². The first-order valence-corrected chi connectivity index (χ1v) is 7.56. The Balaban J connectivity index is 1.94. The van der Waals surface area contributed by atoms with Gasteiger partial charge in [0, 0.05) is 19.8 Å². The Bertz CT molecular complexity index is 562. The van der Waals surface area contributed by atoms with Crippen LogP contribution in [0.25, 0.3) is 0 Å². The van der Waals surface area contributed by atoms with Crippen molar-refractivity contribution in [3.05, 3.63) is 41.7 Å². The number of ether oxygens (including phenoxy) is 1. The molecule has 112 valence electrons. The van der Waals surface area contributed by atoms with Gasteiger partial charge < -0.3 is 14.6 Å². The average molecular weight is 287 g/mol. The summed E-state index contributed by atoms with van der Waals surface area (Å²) in [4.78, 5) is 4.58. The minimum atomic E-state index is -0.199. The predicted octanol–water partition coefficient (Wildman–Crippen LogP) is 2.99. The van der Waals surface area contributed by atoms with Gasteiger partial charge in [-0.25, -0.2) is 0 Å². The van der Waals surface area contributed by atoms with Gasteiger partial charge in [-0.2, -0.15) is 4.98 Å². The number of nitrogens with zero attached hydrogens (tertiary/aromatic N) is 2. The van der Waals surface area contributed by atoms with Gasteiger partial charge in [0.05, 0.1) is 5.41 Å². The number of anilines is 1. The molecule has 1 saturated heterocycles. The number of benzene rings is 1. The lowest BCUT2D eigenvalue weighted by Gasteiger charge is -2.34. The molecule has 2 aromatic rings. The fourth-order valence-electron chi connectivity index (χ4n) is 2.84. The standard InChI is InChI=1S/C16H21N3O2/c1-2-10-17-15-18-14(19-21-15)16(8-11-20-12-9-16)13-6-4-3-5-7-13/h3-7H,2,8-12H2,1H3,(H,17,18,19). The molecule has 5 nitrogen and oxygen atoms in total. The summed E-state index contributed by atoms with van der Waals surface area (Å²) in [6, 6.07) is 10.9. The molecule has 0 aliphatic carbocycles. The molecule has 2 heterocycles. The van der Waals surface area contributed by atoms with E-state index in [1.165, 1.54) is 5.56 Å². The summed E-state index contributed by atoms with van der Waals surface area (Å²) in [5.41, 5.74) is 1.03. The van der Waals surface area contributed by atoms with Crippen LogP contribution >= 0.6 is 0 Å². The van der Waals surface area contributed by atoms with Gasteiger partial charge in [-0.1, -0.05) is 42.4 Å². The summed E-state index contributed by atoms with van der Waals surface area (Å²) in [6.07, 6.45) is 2.78. The van der Waals surface area contributed by atoms with E-state index in [4.69, 9.17) is 9.26 Å². The summed E-state index contributed by atoms with van der Waals surface area (Å²) in [5.74, 6) is 0.760. The second kappa shape index (κ2) is 6.26. The monoisotopic (exact) mass is 287 g/mol. The zero-order chi connectivity index (χ0) is 14.5. The summed E-state index contributed by atoms with van der Waals surface area (Å²) in [6.45, 7) is 4.39. The van der Waals surface area contributed by atoms with E-state index in [9.17, 15) is 0 Å². The van der Waals surface area contributed by atoms with E-state index >= 15 is 0 Å². The van der Waals surface area contributed by atoms with Crippen molar-refractivity contribution in [2.75, 3.05) is 25.1 Å². The number of aromatic nitrogens is 2. The normalized spacial score (nSPS) is 17.6. The van der Waals surface area contributed by atoms with Crippen LogP contribution < -0.4 is 5.32 Å². The lowest BCUT2D eigenvalue weighted by molar-refractivity contribution is 0.0597. The Kier molecular flexibility index (Phi) is 4.20. The third-order valence-corrected chi connectivity index (χ3v) is 4.05. The molecule has 0 atom stereocenters. The van der Waals surface area contributed by atoms with E-state index in [2.05, 4.69) is 46.6 Å². The third-order valence-electron chi connectivity index (χ3n) is 4.05. The van der Waals surface area contributed by atoms with Crippen LogP contribution in [0.2, 0.25) is 0 Å². The molecule has 0 spiro atoms. The van der Waals surface area contributed by atoms with Crippen molar-refractivity contribution in [2.24, 2.45) is 0 Å². The van der Waals surface area contributed by atoms with Gasteiger partial charge in [-0.3, -0.25) is 0 Å². The zero-order valence-corrected chi connectivity index (χ0v) is 12.3. The van der Waals surface area contributed by atoms with Gasteiger partial charge in [-0.15, -0.1) is 0 Å². The molecule has 1 aromatic heterocycles. The highest BCUT2D eigenvalue weighted by Crippen LogP contribution is 2.39. The van der Waals surface area contributed by atoms with Crippen molar-refractivity contribution in [1.82, 2.24) is 10.1 Å². The molecule has 3 rings (SSSR count). The second-order valence-electron chi connectivity index (χ2n) is 5.41. The van der Waals surface area contributed by atoms with E-state index in [1.807, 2.05) is 6.07 Å². The van der Waals surface area contributed by atoms with Gasteiger partial charge in [0.1, 0.15) is 0 Å². The molecule has 1 aliphatic rings. The third kappa shape index (κ3) is 2.78. The van der Waals surface area contributed by atoms with Crippen LogP contribution in [0.1, 0.15) is 37.6 Å². The molecule has 1 aromatic carbocycles. The van der Waals surface area contributed by atoms with Gasteiger partial charge >= 0.3 is 6.01 Å². The van der Waals surface area contributed by atoms with Gasteiger partial charge in [0.2, 0.25) is 0 Å². The summed E-state index contributed by atoms with van der Waals surface area (Å²) in [5, 5.41) is 7.39. The molecule has 21 heavy (non-hydrogen) atoms. The van der Waals surface area contributed by atoms with E-state index in [0.717, 1.165) is 44.8 Å². The first kappa shape index (κ1) is 14.1. The molecule has 0 saturated carbocycles. The van der Waals surface area contributed by atoms with Gasteiger partial charge in [0.25, 0.3) is 0 Å². The largest absolute Gasteiger partial charge is 0.381 e. The predicted molar refractivity (Wildman–Crippen MR) is 80.4 cm³/mol. The topological polar surface area (TPSA) is 60.2 Å². The van der Waals surface area contributed by atoms with E-state index < -0.39 is 0 Å². The highest BCUT2D eigenvalue weighted by molar-refractivity contribution is 5.35. The van der Waals surface area contributed by atoms with Crippen LogP contribution in [-0.2, 0) is 10.2 Å². The summed E-state index contributed by atoms with van der Waals surface area (Å²) in [7, 11) is 0. The van der Waals surface area contributed by atoms with Crippen molar-refractivity contribution in [1.29, 1.82) is 0 Å². The van der Waals surface area contributed by atoms with E-state index in [1.54, 1.807) is 0 Å². The number of hydrogen-bond donors (Lipinski definition) is 1. The molecule has 1 aliphatic heterocycles. The Labute approximate surface area is 124 Å². The Morgan fingerprint density at radius 2 is 1.95 bits per heavy atom. The average Bonchev–Trinajstić information content (AvgIpc) is 3.04. The molecular weight excluding hydrogens is 266 g/mol. The SMILES string of the molecule is CCCNc1nc(C2(c3ccccc3)CCOCC2)no1. The lowest BCUT2D eigenvalue weighted by atomic mass is 9.73. The minimum absolute atomic E-state index is 0.199. The molecule has 0 bridgehead atoms. The Morgan fingerprint density at radius 1 is 1.19 bits per heavy atom. The smallest absolute Gasteiger partial charge is 0.321 e. The van der Waals surface area contributed by atoms with Crippen LogP contribution in [-0.4, -0.2) is 29.9 Å². The molecular formula is C16H21N3O2. The maximum Gasteiger partial charge on any atom is 0.321 e. The fraction of sp³-hybridized carbons (Fsp3) is 0.500. The van der Waals surface area contributed by atoms with Crippen LogP contribution in [0, 0.1) is 0 Å². The lowest BCUT2D eigenvalue weighted by Crippen LogP contribution is -2.36. The summed E-state index contributed by atoms with van der Waals surface area (Å²) < 4.78 is 10.9. The Hall–Kier alpha value is -1.88. The molecule has 0 amide bonds. The van der Waals surface area contributed by atoms with Gasteiger partial charge in [0.15, 0.2) is 5.82 Å². The van der Waals surface area contributed by atoms with Gasteiger partial charge in [-0.05, 0) is 24.8 Å². The maximum absolute atomic E-state index is 5.54. The van der Waals surface area contributed by atoms with Crippen molar-refractivity contribution in [3.8, 4) is 0 Å². The molecule has 0 unspecified atom stereocenters. The van der Waals surface area contributed by atoms with Crippen molar-refractivity contribution >= 4 is 6.01 Å². The number of nitrogens with one attached hydrogen (secondary N) is 1. The molecule has 1 fully saturated rings. The van der Waals surface area contributed by atoms with Crippen LogP contribution in [0.3, 0.4) is 0 Å². The highest BCUT2D eigenvalue weighted by Gasteiger charge is 2.40. The second-order valence-corrected chi connectivity index (χ2v) is 5.41. The minimum Gasteiger partial charge on any atom is -0.381 e. The first-order valence-electron chi connectivity index (χ1n) is 7.56. The fourth-order valence-corrected chi connectivity index (χ4v) is 2.84. The zero-order valence-electron chi connectivity index (χ0n) is 12.3. The Morgan fingerprint density at radius 3 is 2.67 bits per heavy atom. The molecule has 1 N–H and O–H groups in total. The van der Waals surface area contributed by atoms with Crippen LogP contribution in [0.15, 0.2) is 34.9 Å². The molecule has 0 radical (unpaired) electrons. The number of rotatable bonds is 5. The van der Waals surface area contributed by atoms with Crippen molar-refractivity contribution in [2.45, 2.75) is 31.6 Å². The number of hydrogen-bond acceptors (Lipinski definition) is 5. The maximum atomic E-state index is 5.54. The highest BCUT2D eigenvalue weighted by atomic mass is 16.5. The first-order chi connectivity index (χ1) is 10.3. The van der Waals surface area contributed by atoms with E-state index in [0.29, 0.717) is 6.01 Å².